The number of nitrogens with one attached hydrogen (secondary N) is 3. The van der Waals surface area contributed by atoms with Gasteiger partial charge in [-0.1, -0.05) is 0 Å². The third-order valence-corrected chi connectivity index (χ3v) is 5.97. The zero-order chi connectivity index (χ0) is 22.4. The highest BCUT2D eigenvalue weighted by Crippen LogP contribution is 2.39. The molecular formula is C22H22FN9O. The Morgan fingerprint density at radius 1 is 1.21 bits per heavy atom. The Bertz CT molecular complexity index is 1300. The quantitative estimate of drug-likeness (QED) is 0.416. The SMILES string of the molecule is O=C(Nc1cccnc1)C1CC(F)CN1c1nc(Nc2cc(C3CC3)[nH]n2)n2cccc2n1. The fourth-order valence-electron chi connectivity index (χ4n) is 4.17. The van der Waals surface area contributed by atoms with E-state index in [9.17, 15) is 9.18 Å². The maximum atomic E-state index is 14.5. The summed E-state index contributed by atoms with van der Waals surface area (Å²) < 4.78 is 16.3. The first-order valence-corrected chi connectivity index (χ1v) is 10.9. The summed E-state index contributed by atoms with van der Waals surface area (Å²) in [7, 11) is 0. The number of carbonyl (C=O) groups is 1. The molecule has 1 saturated heterocycles. The summed E-state index contributed by atoms with van der Waals surface area (Å²) in [6, 6.07) is 8.40. The highest BCUT2D eigenvalue weighted by Gasteiger charge is 2.39. The Balaban J connectivity index is 1.30. The summed E-state index contributed by atoms with van der Waals surface area (Å²) in [5, 5.41) is 13.5. The predicted molar refractivity (Wildman–Crippen MR) is 120 cm³/mol. The predicted octanol–water partition coefficient (Wildman–Crippen LogP) is 3.02. The fourth-order valence-corrected chi connectivity index (χ4v) is 4.17. The van der Waals surface area contributed by atoms with Crippen LogP contribution in [0.25, 0.3) is 5.65 Å². The van der Waals surface area contributed by atoms with Crippen molar-refractivity contribution in [2.24, 2.45) is 0 Å². The molecule has 2 atom stereocenters. The second-order valence-corrected chi connectivity index (χ2v) is 8.42. The van der Waals surface area contributed by atoms with Crippen LogP contribution in [0.2, 0.25) is 0 Å². The number of anilines is 4. The molecular weight excluding hydrogens is 425 g/mol. The maximum absolute atomic E-state index is 14.5. The third-order valence-electron chi connectivity index (χ3n) is 5.97. The van der Waals surface area contributed by atoms with Crippen molar-refractivity contribution in [2.45, 2.75) is 37.4 Å². The number of halogens is 1. The van der Waals surface area contributed by atoms with E-state index < -0.39 is 12.2 Å². The lowest BCUT2D eigenvalue weighted by atomic mass is 10.2. The molecule has 1 aliphatic carbocycles. The standard InChI is InChI=1S/C22H22FN9O/c23-14-9-17(20(33)25-15-3-1-7-24-11-15)32(12-14)22-27-19-4-2-8-31(19)21(28-22)26-18-10-16(29-30-18)13-5-6-13/h1-4,7-8,10-11,13-14,17H,5-6,9,12H2,(H,25,33)(H2,26,27,28,29,30). The molecule has 168 valence electrons. The lowest BCUT2D eigenvalue weighted by Crippen LogP contribution is -2.40. The van der Waals surface area contributed by atoms with Crippen LogP contribution in [0.5, 0.6) is 0 Å². The average molecular weight is 447 g/mol. The second-order valence-electron chi connectivity index (χ2n) is 8.42. The maximum Gasteiger partial charge on any atom is 0.247 e. The van der Waals surface area contributed by atoms with E-state index in [1.165, 1.54) is 12.8 Å². The van der Waals surface area contributed by atoms with E-state index in [0.717, 1.165) is 5.69 Å². The summed E-state index contributed by atoms with van der Waals surface area (Å²) in [5.41, 5.74) is 2.29. The smallest absolute Gasteiger partial charge is 0.247 e. The van der Waals surface area contributed by atoms with E-state index in [0.29, 0.717) is 29.0 Å². The van der Waals surface area contributed by atoms with Crippen LogP contribution < -0.4 is 15.5 Å². The summed E-state index contributed by atoms with van der Waals surface area (Å²) in [6.45, 7) is 0.0374. The van der Waals surface area contributed by atoms with Crippen LogP contribution in [-0.4, -0.2) is 54.2 Å². The molecule has 33 heavy (non-hydrogen) atoms. The normalized spacial score (nSPS) is 20.3. The molecule has 2 unspecified atom stereocenters. The van der Waals surface area contributed by atoms with Crippen molar-refractivity contribution in [2.75, 3.05) is 22.1 Å². The molecule has 2 aliphatic rings. The Labute approximate surface area is 188 Å². The minimum Gasteiger partial charge on any atom is -0.326 e. The van der Waals surface area contributed by atoms with E-state index in [2.05, 4.69) is 35.8 Å². The number of carbonyl (C=O) groups excluding carboxylic acids is 1. The first-order valence-electron chi connectivity index (χ1n) is 10.9. The Hall–Kier alpha value is -4.02. The van der Waals surface area contributed by atoms with Gasteiger partial charge in [0.2, 0.25) is 17.8 Å². The molecule has 0 bridgehead atoms. The molecule has 0 aromatic carbocycles. The largest absolute Gasteiger partial charge is 0.326 e. The van der Waals surface area contributed by atoms with Gasteiger partial charge in [-0.2, -0.15) is 15.1 Å². The van der Waals surface area contributed by atoms with Crippen molar-refractivity contribution < 1.29 is 9.18 Å². The van der Waals surface area contributed by atoms with Gasteiger partial charge in [-0.3, -0.25) is 19.3 Å². The lowest BCUT2D eigenvalue weighted by molar-refractivity contribution is -0.117. The molecule has 1 saturated carbocycles. The molecule has 2 fully saturated rings. The van der Waals surface area contributed by atoms with E-state index in [-0.39, 0.29) is 24.8 Å². The van der Waals surface area contributed by atoms with Gasteiger partial charge in [-0.15, -0.1) is 0 Å². The van der Waals surface area contributed by atoms with Crippen molar-refractivity contribution in [1.82, 2.24) is 29.5 Å². The summed E-state index contributed by atoms with van der Waals surface area (Å²) in [4.78, 5) is 27.8. The van der Waals surface area contributed by atoms with Crippen LogP contribution in [-0.2, 0) is 4.79 Å². The van der Waals surface area contributed by atoms with Gasteiger partial charge in [0, 0.05) is 36.5 Å². The number of hydrogen-bond donors (Lipinski definition) is 3. The highest BCUT2D eigenvalue weighted by molar-refractivity contribution is 5.97. The van der Waals surface area contributed by atoms with Gasteiger partial charge in [0.25, 0.3) is 0 Å². The zero-order valence-corrected chi connectivity index (χ0v) is 17.6. The molecule has 10 nitrogen and oxygen atoms in total. The van der Waals surface area contributed by atoms with Gasteiger partial charge in [-0.05, 0) is 37.1 Å². The molecule has 1 aliphatic heterocycles. The van der Waals surface area contributed by atoms with E-state index >= 15 is 0 Å². The van der Waals surface area contributed by atoms with E-state index in [1.54, 1.807) is 33.8 Å². The highest BCUT2D eigenvalue weighted by atomic mass is 19.1. The summed E-state index contributed by atoms with van der Waals surface area (Å²) >= 11 is 0. The number of pyridine rings is 1. The number of nitrogens with zero attached hydrogens (tertiary/aromatic N) is 6. The molecule has 1 amide bonds. The lowest BCUT2D eigenvalue weighted by Gasteiger charge is -2.24. The van der Waals surface area contributed by atoms with Gasteiger partial charge < -0.3 is 15.5 Å². The van der Waals surface area contributed by atoms with Gasteiger partial charge in [0.15, 0.2) is 5.82 Å². The van der Waals surface area contributed by atoms with Crippen molar-refractivity contribution in [3.63, 3.8) is 0 Å². The molecule has 5 heterocycles. The Morgan fingerprint density at radius 2 is 2.12 bits per heavy atom. The van der Waals surface area contributed by atoms with Gasteiger partial charge >= 0.3 is 0 Å². The van der Waals surface area contributed by atoms with Crippen LogP contribution in [0.15, 0.2) is 48.9 Å². The molecule has 11 heteroatoms. The minimum absolute atomic E-state index is 0.0374. The molecule has 3 N–H and O–H groups in total. The van der Waals surface area contributed by atoms with Crippen LogP contribution in [0.4, 0.5) is 27.8 Å². The molecule has 0 spiro atoms. The number of H-pyrrole nitrogens is 1. The monoisotopic (exact) mass is 447 g/mol. The second kappa shape index (κ2) is 7.84. The van der Waals surface area contributed by atoms with Gasteiger partial charge in [0.1, 0.15) is 17.9 Å². The molecule has 4 aromatic rings. The molecule has 4 aromatic heterocycles. The van der Waals surface area contributed by atoms with Crippen molar-refractivity contribution >= 4 is 35.0 Å². The average Bonchev–Trinajstić information content (AvgIpc) is 3.20. The number of aromatic nitrogens is 6. The fraction of sp³-hybridized carbons (Fsp3) is 0.318. The van der Waals surface area contributed by atoms with Crippen molar-refractivity contribution in [3.05, 3.63) is 54.6 Å². The molecule has 0 radical (unpaired) electrons. The van der Waals surface area contributed by atoms with Gasteiger partial charge in [0.05, 0.1) is 18.4 Å². The van der Waals surface area contributed by atoms with Crippen molar-refractivity contribution in [1.29, 1.82) is 0 Å². The van der Waals surface area contributed by atoms with E-state index in [4.69, 9.17) is 0 Å². The van der Waals surface area contributed by atoms with E-state index in [1.807, 2.05) is 24.4 Å². The number of alkyl halides is 1. The molecule has 6 rings (SSSR count). The first-order chi connectivity index (χ1) is 16.1. The number of fused-ring (bicyclic) bond motifs is 1. The Morgan fingerprint density at radius 3 is 2.94 bits per heavy atom. The van der Waals surface area contributed by atoms with Crippen LogP contribution in [0, 0.1) is 0 Å². The minimum atomic E-state index is -1.16. The number of amides is 1. The van der Waals surface area contributed by atoms with Gasteiger partial charge in [-0.25, -0.2) is 4.39 Å². The number of hydrogen-bond acceptors (Lipinski definition) is 7. The summed E-state index contributed by atoms with van der Waals surface area (Å²) in [5.74, 6) is 1.64. The summed E-state index contributed by atoms with van der Waals surface area (Å²) in [6.07, 6.45) is 6.25. The van der Waals surface area contributed by atoms with Crippen molar-refractivity contribution in [3.8, 4) is 0 Å². The number of aromatic amines is 1. The zero-order valence-electron chi connectivity index (χ0n) is 17.6. The number of rotatable bonds is 6. The topological polar surface area (TPSA) is 116 Å². The first kappa shape index (κ1) is 19.6. The third kappa shape index (κ3) is 3.86. The van der Waals surface area contributed by atoms with Crippen LogP contribution >= 0.6 is 0 Å². The van der Waals surface area contributed by atoms with Crippen LogP contribution in [0.3, 0.4) is 0 Å². The Kier molecular flexibility index (Phi) is 4.67. The van der Waals surface area contributed by atoms with Crippen LogP contribution in [0.1, 0.15) is 30.9 Å².